The average Bonchev–Trinajstić information content (AvgIpc) is 2.45. The summed E-state index contributed by atoms with van der Waals surface area (Å²) in [6, 6.07) is 12.3. The second-order valence-corrected chi connectivity index (χ2v) is 4.43. The molecule has 0 bridgehead atoms. The van der Waals surface area contributed by atoms with Crippen molar-refractivity contribution in [2.75, 3.05) is 6.61 Å². The molecule has 2 unspecified atom stereocenters. The zero-order chi connectivity index (χ0) is 14.3. The first-order valence-corrected chi connectivity index (χ1v) is 6.22. The van der Waals surface area contributed by atoms with Crippen molar-refractivity contribution in [3.63, 3.8) is 0 Å². The molecule has 1 aromatic carbocycles. The number of benzene rings is 1. The Kier molecular flexibility index (Phi) is 5.36. The number of carbonyl (C=O) groups is 1. The van der Waals surface area contributed by atoms with Crippen molar-refractivity contribution in [3.05, 3.63) is 35.9 Å². The fourth-order valence-corrected chi connectivity index (χ4v) is 2.00. The van der Waals surface area contributed by atoms with E-state index in [1.807, 2.05) is 12.1 Å². The Balaban J connectivity index is 3.27. The van der Waals surface area contributed by atoms with E-state index in [0.717, 1.165) is 0 Å². The van der Waals surface area contributed by atoms with Gasteiger partial charge in [0.15, 0.2) is 5.41 Å². The van der Waals surface area contributed by atoms with Gasteiger partial charge in [-0.1, -0.05) is 30.3 Å². The molecule has 0 amide bonds. The molecule has 4 nitrogen and oxygen atoms in total. The molecule has 0 heterocycles. The van der Waals surface area contributed by atoms with E-state index in [9.17, 15) is 10.1 Å². The van der Waals surface area contributed by atoms with Crippen LogP contribution in [0.5, 0.6) is 0 Å². The Bertz CT molecular complexity index is 518. The van der Waals surface area contributed by atoms with Gasteiger partial charge in [0.25, 0.3) is 0 Å². The summed E-state index contributed by atoms with van der Waals surface area (Å²) in [5.74, 6) is -0.676. The Morgan fingerprint density at radius 3 is 2.53 bits per heavy atom. The van der Waals surface area contributed by atoms with Gasteiger partial charge in [0.1, 0.15) is 5.38 Å². The van der Waals surface area contributed by atoms with Gasteiger partial charge in [0, 0.05) is 6.42 Å². The van der Waals surface area contributed by atoms with Crippen molar-refractivity contribution in [1.82, 2.24) is 0 Å². The number of halogens is 1. The number of carbonyl (C=O) groups excluding carboxylic acids is 1. The van der Waals surface area contributed by atoms with Crippen LogP contribution in [0.1, 0.15) is 18.9 Å². The van der Waals surface area contributed by atoms with Gasteiger partial charge in [-0.25, -0.2) is 4.79 Å². The Labute approximate surface area is 117 Å². The van der Waals surface area contributed by atoms with Crippen molar-refractivity contribution >= 4 is 17.6 Å². The van der Waals surface area contributed by atoms with Crippen LogP contribution in [0.25, 0.3) is 0 Å². The predicted octanol–water partition coefficient (Wildman–Crippen LogP) is 2.53. The lowest BCUT2D eigenvalue weighted by atomic mass is 9.78. The van der Waals surface area contributed by atoms with E-state index in [1.165, 1.54) is 0 Å². The fourth-order valence-electron chi connectivity index (χ4n) is 1.77. The van der Waals surface area contributed by atoms with Crippen molar-refractivity contribution in [2.24, 2.45) is 0 Å². The Hall–Kier alpha value is -2.04. The molecule has 0 aliphatic carbocycles. The normalized spacial score (nSPS) is 14.5. The molecule has 1 rings (SSSR count). The van der Waals surface area contributed by atoms with Gasteiger partial charge in [-0.05, 0) is 12.5 Å². The van der Waals surface area contributed by atoms with Crippen molar-refractivity contribution in [1.29, 1.82) is 10.5 Å². The number of nitrogens with zero attached hydrogens (tertiary/aromatic N) is 2. The van der Waals surface area contributed by atoms with Gasteiger partial charge in [0.05, 0.1) is 18.7 Å². The predicted molar refractivity (Wildman–Crippen MR) is 70.2 cm³/mol. The summed E-state index contributed by atoms with van der Waals surface area (Å²) in [6.45, 7) is 1.82. The van der Waals surface area contributed by atoms with Gasteiger partial charge in [-0.2, -0.15) is 10.5 Å². The minimum atomic E-state index is -1.54. The third-order valence-electron chi connectivity index (χ3n) is 2.71. The van der Waals surface area contributed by atoms with Gasteiger partial charge < -0.3 is 4.74 Å². The lowest BCUT2D eigenvalue weighted by Gasteiger charge is -2.25. The number of rotatable bonds is 5. The molecular weight excluding hydrogens is 264 g/mol. The molecule has 0 aromatic heterocycles. The SMILES string of the molecule is CCOC(=O)C(C#N)(CC(Cl)C#N)c1ccccc1. The van der Waals surface area contributed by atoms with Gasteiger partial charge in [-0.3, -0.25) is 0 Å². The van der Waals surface area contributed by atoms with E-state index < -0.39 is 16.8 Å². The van der Waals surface area contributed by atoms with Crippen LogP contribution in [-0.2, 0) is 14.9 Å². The summed E-state index contributed by atoms with van der Waals surface area (Å²) >= 11 is 5.80. The first-order chi connectivity index (χ1) is 9.10. The van der Waals surface area contributed by atoms with E-state index in [1.54, 1.807) is 37.3 Å². The maximum absolute atomic E-state index is 12.1. The molecule has 0 saturated carbocycles. The standard InChI is InChI=1S/C14H13ClN2O2/c1-2-19-13(18)14(10-17,8-12(15)9-16)11-6-4-3-5-7-11/h3-7,12H,2,8H2,1H3. The third kappa shape index (κ3) is 3.24. The summed E-state index contributed by atoms with van der Waals surface area (Å²) in [5, 5.41) is 17.3. The second kappa shape index (κ2) is 6.78. The number of hydrogen-bond donors (Lipinski definition) is 0. The first kappa shape index (κ1) is 15.0. The van der Waals surface area contributed by atoms with E-state index in [4.69, 9.17) is 21.6 Å². The lowest BCUT2D eigenvalue weighted by Crippen LogP contribution is -2.38. The summed E-state index contributed by atoms with van der Waals surface area (Å²) < 4.78 is 4.97. The number of alkyl halides is 1. The van der Waals surface area contributed by atoms with Gasteiger partial charge in [0.2, 0.25) is 0 Å². The van der Waals surface area contributed by atoms with Gasteiger partial charge in [-0.15, -0.1) is 11.6 Å². The monoisotopic (exact) mass is 276 g/mol. The second-order valence-electron chi connectivity index (χ2n) is 3.90. The molecule has 0 aliphatic rings. The summed E-state index contributed by atoms with van der Waals surface area (Å²) in [4.78, 5) is 12.1. The molecule has 5 heteroatoms. The maximum atomic E-state index is 12.1. The van der Waals surface area contributed by atoms with E-state index in [0.29, 0.717) is 5.56 Å². The number of nitriles is 2. The van der Waals surface area contributed by atoms with Crippen LogP contribution in [0, 0.1) is 22.7 Å². The van der Waals surface area contributed by atoms with Gasteiger partial charge >= 0.3 is 5.97 Å². The Morgan fingerprint density at radius 2 is 2.05 bits per heavy atom. The molecule has 0 radical (unpaired) electrons. The van der Waals surface area contributed by atoms with E-state index in [2.05, 4.69) is 0 Å². The van der Waals surface area contributed by atoms with Crippen LogP contribution >= 0.6 is 11.6 Å². The minimum Gasteiger partial charge on any atom is -0.465 e. The summed E-state index contributed by atoms with van der Waals surface area (Å²) in [6.07, 6.45) is -0.107. The number of ether oxygens (including phenoxy) is 1. The highest BCUT2D eigenvalue weighted by molar-refractivity contribution is 6.22. The molecule has 0 N–H and O–H groups in total. The quantitative estimate of drug-likeness (QED) is 0.612. The highest BCUT2D eigenvalue weighted by Crippen LogP contribution is 2.32. The lowest BCUT2D eigenvalue weighted by molar-refractivity contribution is -0.148. The van der Waals surface area contributed by atoms with E-state index >= 15 is 0 Å². The minimum absolute atomic E-state index is 0.107. The number of esters is 1. The van der Waals surface area contributed by atoms with Crippen LogP contribution in [-0.4, -0.2) is 18.0 Å². The third-order valence-corrected chi connectivity index (χ3v) is 2.96. The van der Waals surface area contributed by atoms with E-state index in [-0.39, 0.29) is 13.0 Å². The molecule has 1 aromatic rings. The molecule has 98 valence electrons. The largest absolute Gasteiger partial charge is 0.465 e. The molecule has 0 fully saturated rings. The zero-order valence-corrected chi connectivity index (χ0v) is 11.2. The molecule has 0 aliphatic heterocycles. The summed E-state index contributed by atoms with van der Waals surface area (Å²) in [5.41, 5.74) is -1.06. The number of hydrogen-bond acceptors (Lipinski definition) is 4. The van der Waals surface area contributed by atoms with Crippen LogP contribution in [0.2, 0.25) is 0 Å². The maximum Gasteiger partial charge on any atom is 0.331 e. The Morgan fingerprint density at radius 1 is 1.42 bits per heavy atom. The summed E-state index contributed by atoms with van der Waals surface area (Å²) in [7, 11) is 0. The average molecular weight is 277 g/mol. The fraction of sp³-hybridized carbons (Fsp3) is 0.357. The van der Waals surface area contributed by atoms with Crippen LogP contribution in [0.4, 0.5) is 0 Å². The van der Waals surface area contributed by atoms with Crippen molar-refractivity contribution < 1.29 is 9.53 Å². The first-order valence-electron chi connectivity index (χ1n) is 5.78. The molecule has 2 atom stereocenters. The van der Waals surface area contributed by atoms with Crippen LogP contribution in [0.15, 0.2) is 30.3 Å². The van der Waals surface area contributed by atoms with Crippen LogP contribution < -0.4 is 0 Å². The highest BCUT2D eigenvalue weighted by atomic mass is 35.5. The van der Waals surface area contributed by atoms with Crippen molar-refractivity contribution in [2.45, 2.75) is 24.1 Å². The zero-order valence-electron chi connectivity index (χ0n) is 10.5. The molecular formula is C14H13ClN2O2. The molecule has 0 spiro atoms. The van der Waals surface area contributed by atoms with Crippen molar-refractivity contribution in [3.8, 4) is 12.1 Å². The molecule has 19 heavy (non-hydrogen) atoms. The topological polar surface area (TPSA) is 73.9 Å². The molecule has 0 saturated heterocycles. The van der Waals surface area contributed by atoms with Crippen LogP contribution in [0.3, 0.4) is 0 Å². The smallest absolute Gasteiger partial charge is 0.331 e. The highest BCUT2D eigenvalue weighted by Gasteiger charge is 2.44.